The van der Waals surface area contributed by atoms with E-state index in [1.165, 1.54) is 24.4 Å². The van der Waals surface area contributed by atoms with E-state index in [9.17, 15) is 9.59 Å². The van der Waals surface area contributed by atoms with Gasteiger partial charge in [-0.3, -0.25) is 4.79 Å². The summed E-state index contributed by atoms with van der Waals surface area (Å²) < 4.78 is 5.08. The molecule has 0 spiro atoms. The number of methoxy groups -OCH3 is 1. The van der Waals surface area contributed by atoms with Crippen LogP contribution in [-0.2, 0) is 14.3 Å². The van der Waals surface area contributed by atoms with Crippen LogP contribution in [0.25, 0.3) is 0 Å². The van der Waals surface area contributed by atoms with Crippen LogP contribution >= 0.6 is 11.8 Å². The molecule has 1 N–H and O–H groups in total. The van der Waals surface area contributed by atoms with Gasteiger partial charge in [-0.1, -0.05) is 56.0 Å². The summed E-state index contributed by atoms with van der Waals surface area (Å²) in [6.07, 6.45) is 1.83. The van der Waals surface area contributed by atoms with E-state index in [0.717, 1.165) is 16.4 Å². The molecule has 1 aromatic carbocycles. The molecule has 2 aliphatic rings. The third-order valence-corrected chi connectivity index (χ3v) is 6.00. The molecule has 2 aliphatic heterocycles. The minimum Gasteiger partial charge on any atom is -0.466 e. The Morgan fingerprint density at radius 1 is 1.33 bits per heavy atom. The highest BCUT2D eigenvalue weighted by atomic mass is 32.2. The number of aliphatic imine (C=N–C) groups is 1. The van der Waals surface area contributed by atoms with Crippen molar-refractivity contribution in [2.24, 2.45) is 4.99 Å². The van der Waals surface area contributed by atoms with E-state index in [0.29, 0.717) is 23.7 Å². The maximum absolute atomic E-state index is 12.7. The molecule has 0 radical (unpaired) electrons. The van der Waals surface area contributed by atoms with Gasteiger partial charge in [-0.05, 0) is 29.4 Å². The topological polar surface area (TPSA) is 71.0 Å². The molecular weight excluding hydrogens is 398 g/mol. The van der Waals surface area contributed by atoms with Crippen LogP contribution in [0.1, 0.15) is 50.3 Å². The predicted molar refractivity (Wildman–Crippen MR) is 121 cm³/mol. The van der Waals surface area contributed by atoms with E-state index in [1.54, 1.807) is 6.08 Å². The lowest BCUT2D eigenvalue weighted by atomic mass is 9.92. The molecule has 7 heteroatoms. The number of fused-ring (bicyclic) bond motifs is 1. The zero-order valence-corrected chi connectivity index (χ0v) is 18.6. The summed E-state index contributed by atoms with van der Waals surface area (Å²) in [6.45, 7) is 10.1. The summed E-state index contributed by atoms with van der Waals surface area (Å²) in [7, 11) is 1.37. The van der Waals surface area contributed by atoms with E-state index >= 15 is 0 Å². The van der Waals surface area contributed by atoms with Crippen LogP contribution in [0.4, 0.5) is 0 Å². The van der Waals surface area contributed by atoms with Crippen molar-refractivity contribution in [3.8, 4) is 0 Å². The number of thioether (sulfide) groups is 1. The largest absolute Gasteiger partial charge is 0.466 e. The van der Waals surface area contributed by atoms with E-state index < -0.39 is 12.0 Å². The van der Waals surface area contributed by atoms with Crippen molar-refractivity contribution in [2.75, 3.05) is 13.7 Å². The van der Waals surface area contributed by atoms with Crippen LogP contribution in [0.5, 0.6) is 0 Å². The zero-order valence-electron chi connectivity index (χ0n) is 17.8. The van der Waals surface area contributed by atoms with Gasteiger partial charge in [-0.2, -0.15) is 0 Å². The molecule has 0 saturated carbocycles. The minimum atomic E-state index is -0.416. The molecule has 30 heavy (non-hydrogen) atoms. The van der Waals surface area contributed by atoms with Crippen molar-refractivity contribution in [2.45, 2.75) is 39.2 Å². The van der Waals surface area contributed by atoms with Crippen LogP contribution in [-0.4, -0.2) is 35.6 Å². The molecule has 3 rings (SSSR count). The third kappa shape index (κ3) is 4.36. The molecule has 0 aliphatic carbocycles. The van der Waals surface area contributed by atoms with E-state index in [4.69, 9.17) is 4.74 Å². The highest BCUT2D eigenvalue weighted by Crippen LogP contribution is 2.44. The zero-order chi connectivity index (χ0) is 21.8. The summed E-state index contributed by atoms with van der Waals surface area (Å²) in [4.78, 5) is 31.6. The molecule has 6 nitrogen and oxygen atoms in total. The Hall–Kier alpha value is -2.80. The number of hydrogen-bond acceptors (Lipinski definition) is 6. The van der Waals surface area contributed by atoms with Gasteiger partial charge < -0.3 is 15.0 Å². The molecule has 0 saturated heterocycles. The number of esters is 1. The van der Waals surface area contributed by atoms with E-state index in [2.05, 4.69) is 42.9 Å². The molecule has 158 valence electrons. The van der Waals surface area contributed by atoms with Gasteiger partial charge in [0.05, 0.1) is 30.8 Å². The standard InChI is InChI=1S/C23H27N3O3S/c1-6-11-24-19(27)12-18-13-30-23-25-15(4)20(22(28)29-5)21(26(18)23)17-9-7-16(8-10-17)14(2)3/h6-10,13-14,21H,1,11-12H2,2-5H3,(H,24,27)/t21-/m0/s1. The monoisotopic (exact) mass is 425 g/mol. The average Bonchev–Trinajstić information content (AvgIpc) is 3.12. The first-order valence-corrected chi connectivity index (χ1v) is 10.8. The number of ether oxygens (including phenoxy) is 1. The smallest absolute Gasteiger partial charge is 0.338 e. The number of hydrogen-bond donors (Lipinski definition) is 1. The van der Waals surface area contributed by atoms with Crippen LogP contribution in [0.2, 0.25) is 0 Å². The quantitative estimate of drug-likeness (QED) is 0.522. The van der Waals surface area contributed by atoms with Crippen molar-refractivity contribution >= 4 is 28.8 Å². The fourth-order valence-corrected chi connectivity index (χ4v) is 4.50. The Kier molecular flexibility index (Phi) is 6.82. The van der Waals surface area contributed by atoms with E-state index in [1.807, 2.05) is 29.4 Å². The van der Waals surface area contributed by atoms with Gasteiger partial charge in [0.15, 0.2) is 5.17 Å². The average molecular weight is 426 g/mol. The number of nitrogens with one attached hydrogen (secondary N) is 1. The maximum Gasteiger partial charge on any atom is 0.338 e. The summed E-state index contributed by atoms with van der Waals surface area (Å²) in [5, 5.41) is 5.49. The first kappa shape index (κ1) is 21.9. The Labute approximate surface area is 181 Å². The number of amidine groups is 1. The highest BCUT2D eigenvalue weighted by Gasteiger charge is 2.40. The van der Waals surface area contributed by atoms with Crippen molar-refractivity contribution in [3.05, 3.63) is 70.4 Å². The Morgan fingerprint density at radius 3 is 2.63 bits per heavy atom. The van der Waals surface area contributed by atoms with Crippen molar-refractivity contribution in [1.82, 2.24) is 10.2 Å². The number of benzene rings is 1. The number of rotatable bonds is 7. The van der Waals surface area contributed by atoms with Crippen LogP contribution in [0, 0.1) is 0 Å². The number of carbonyl (C=O) groups excluding carboxylic acids is 2. The van der Waals surface area contributed by atoms with Gasteiger partial charge in [0, 0.05) is 12.2 Å². The Bertz CT molecular complexity index is 945. The van der Waals surface area contributed by atoms with Crippen LogP contribution < -0.4 is 5.32 Å². The molecule has 0 bridgehead atoms. The lowest BCUT2D eigenvalue weighted by Crippen LogP contribution is -2.38. The Morgan fingerprint density at radius 2 is 2.03 bits per heavy atom. The normalized spacial score (nSPS) is 18.0. The second kappa shape index (κ2) is 9.34. The fraction of sp³-hybridized carbons (Fsp3) is 0.348. The van der Waals surface area contributed by atoms with Crippen LogP contribution in [0.3, 0.4) is 0 Å². The first-order chi connectivity index (χ1) is 14.4. The highest BCUT2D eigenvalue weighted by molar-refractivity contribution is 8.16. The van der Waals surface area contributed by atoms with Gasteiger partial charge in [0.2, 0.25) is 5.91 Å². The lowest BCUT2D eigenvalue weighted by molar-refractivity contribution is -0.136. The van der Waals surface area contributed by atoms with Crippen molar-refractivity contribution in [1.29, 1.82) is 0 Å². The third-order valence-electron chi connectivity index (χ3n) is 5.11. The number of carbonyl (C=O) groups is 2. The van der Waals surface area contributed by atoms with Gasteiger partial charge in [0.1, 0.15) is 0 Å². The summed E-state index contributed by atoms with van der Waals surface area (Å²) >= 11 is 1.46. The van der Waals surface area contributed by atoms with Gasteiger partial charge in [-0.15, -0.1) is 6.58 Å². The number of nitrogens with zero attached hydrogens (tertiary/aromatic N) is 2. The SMILES string of the molecule is C=CCNC(=O)CC1=CSC2=NC(C)=C(C(=O)OC)[C@H](c3ccc(C(C)C)cc3)N12. The second-order valence-corrected chi connectivity index (χ2v) is 8.31. The number of amides is 1. The second-order valence-electron chi connectivity index (χ2n) is 7.48. The molecule has 2 heterocycles. The predicted octanol–water partition coefficient (Wildman–Crippen LogP) is 4.25. The van der Waals surface area contributed by atoms with Gasteiger partial charge in [-0.25, -0.2) is 9.79 Å². The van der Waals surface area contributed by atoms with Crippen LogP contribution in [0.15, 0.2) is 64.3 Å². The first-order valence-electron chi connectivity index (χ1n) is 9.87. The minimum absolute atomic E-state index is 0.109. The van der Waals surface area contributed by atoms with Crippen molar-refractivity contribution in [3.63, 3.8) is 0 Å². The Balaban J connectivity index is 2.02. The van der Waals surface area contributed by atoms with Gasteiger partial charge >= 0.3 is 5.97 Å². The number of allylic oxidation sites excluding steroid dienone is 1. The molecule has 1 amide bonds. The molecule has 0 unspecified atom stereocenters. The van der Waals surface area contributed by atoms with E-state index in [-0.39, 0.29) is 12.3 Å². The summed E-state index contributed by atoms with van der Waals surface area (Å²) in [5.41, 5.74) is 4.08. The van der Waals surface area contributed by atoms with Gasteiger partial charge in [0.25, 0.3) is 0 Å². The molecular formula is C23H27N3O3S. The van der Waals surface area contributed by atoms with Crippen molar-refractivity contribution < 1.29 is 14.3 Å². The fourth-order valence-electron chi connectivity index (χ4n) is 3.53. The molecule has 1 aromatic rings. The summed E-state index contributed by atoms with van der Waals surface area (Å²) in [6, 6.07) is 7.84. The lowest BCUT2D eigenvalue weighted by Gasteiger charge is -2.36. The molecule has 0 aromatic heterocycles. The molecule has 0 fully saturated rings. The molecule has 1 atom stereocenters. The summed E-state index contributed by atoms with van der Waals surface area (Å²) in [5.74, 6) is -0.116. The maximum atomic E-state index is 12.7.